The van der Waals surface area contributed by atoms with Gasteiger partial charge in [0.2, 0.25) is 0 Å². The van der Waals surface area contributed by atoms with Crippen molar-refractivity contribution in [3.63, 3.8) is 0 Å². The molecule has 2 aromatic carbocycles. The van der Waals surface area contributed by atoms with Gasteiger partial charge in [-0.3, -0.25) is 5.10 Å². The van der Waals surface area contributed by atoms with Crippen molar-refractivity contribution in [2.45, 2.75) is 25.9 Å². The molecular weight excluding hydrogens is 535 g/mol. The van der Waals surface area contributed by atoms with Crippen molar-refractivity contribution in [3.05, 3.63) is 90.4 Å². The van der Waals surface area contributed by atoms with Crippen LogP contribution in [0.2, 0.25) is 0 Å². The highest BCUT2D eigenvalue weighted by Gasteiger charge is 2.41. The summed E-state index contributed by atoms with van der Waals surface area (Å²) in [5.41, 5.74) is 3.67. The van der Waals surface area contributed by atoms with Crippen LogP contribution in [0.25, 0.3) is 22.2 Å². The Kier molecular flexibility index (Phi) is 8.96. The summed E-state index contributed by atoms with van der Waals surface area (Å²) in [6, 6.07) is 19.2. The van der Waals surface area contributed by atoms with Gasteiger partial charge in [-0.05, 0) is 48.7 Å². The third kappa shape index (κ3) is 6.51. The summed E-state index contributed by atoms with van der Waals surface area (Å²) in [5.74, 6) is 0.978. The molecule has 1 aliphatic rings. The van der Waals surface area contributed by atoms with Crippen molar-refractivity contribution in [2.24, 2.45) is 5.41 Å². The highest BCUT2D eigenvalue weighted by Crippen LogP contribution is 2.47. The van der Waals surface area contributed by atoms with E-state index < -0.39 is 6.09 Å². The molecule has 1 fully saturated rings. The first-order chi connectivity index (χ1) is 20.5. The molecule has 0 radical (unpaired) electrons. The minimum absolute atomic E-state index is 0.220. The number of hydrogen-bond acceptors (Lipinski definition) is 8. The van der Waals surface area contributed by atoms with E-state index in [1.54, 1.807) is 7.05 Å². The van der Waals surface area contributed by atoms with Crippen molar-refractivity contribution in [2.75, 3.05) is 37.3 Å². The lowest BCUT2D eigenvalue weighted by atomic mass is 9.66. The average molecular weight is 571 g/mol. The van der Waals surface area contributed by atoms with Gasteiger partial charge >= 0.3 is 6.09 Å². The monoisotopic (exact) mass is 570 g/mol. The van der Waals surface area contributed by atoms with Crippen LogP contribution in [-0.4, -0.2) is 53.2 Å². The molecule has 0 aliphatic heterocycles. The second-order valence-electron chi connectivity index (χ2n) is 10.2. The number of ether oxygens (including phenoxy) is 1. The first-order valence-corrected chi connectivity index (χ1v) is 14.0. The fourth-order valence-corrected chi connectivity index (χ4v) is 5.13. The second-order valence-corrected chi connectivity index (χ2v) is 10.2. The Bertz CT molecular complexity index is 1550. The molecule has 0 saturated heterocycles. The number of H-pyrrole nitrogens is 1. The smallest absolute Gasteiger partial charge is 0.407 e. The lowest BCUT2D eigenvalue weighted by Gasteiger charge is -2.43. The van der Waals surface area contributed by atoms with Gasteiger partial charge in [0.1, 0.15) is 18.3 Å². The molecule has 0 spiro atoms. The Morgan fingerprint density at radius 2 is 1.93 bits per heavy atom. The summed E-state index contributed by atoms with van der Waals surface area (Å²) in [4.78, 5) is 12.0. The molecule has 0 bridgehead atoms. The molecule has 5 rings (SSSR count). The lowest BCUT2D eigenvalue weighted by Crippen LogP contribution is -2.43. The highest BCUT2D eigenvalue weighted by atomic mass is 19.1. The van der Waals surface area contributed by atoms with Crippen LogP contribution >= 0.6 is 0 Å². The SMILES string of the molecule is C=C/C(F)=C(\NC)C1(CNc2ccc(-c3ccc4[nH]nc(NCCNC(=O)OCc5ccccc5)c4c3)nn2)CCC1. The maximum atomic E-state index is 14.4. The summed E-state index contributed by atoms with van der Waals surface area (Å²) in [6.45, 7) is 5.18. The number of rotatable bonds is 13. The van der Waals surface area contributed by atoms with Gasteiger partial charge in [0.05, 0.1) is 16.9 Å². The van der Waals surface area contributed by atoms with Crippen molar-refractivity contribution >= 4 is 28.6 Å². The molecule has 1 aliphatic carbocycles. The number of allylic oxidation sites excluding steroid dienone is 2. The number of aromatic amines is 1. The molecule has 0 atom stereocenters. The van der Waals surface area contributed by atoms with Crippen LogP contribution in [0.15, 0.2) is 84.8 Å². The number of alkyl carbamates (subject to hydrolysis) is 1. The van der Waals surface area contributed by atoms with Gasteiger partial charge in [-0.1, -0.05) is 49.4 Å². The number of carbonyl (C=O) groups is 1. The molecule has 11 heteroatoms. The topological polar surface area (TPSA) is 129 Å². The maximum absolute atomic E-state index is 14.4. The van der Waals surface area contributed by atoms with Crippen LogP contribution in [0.3, 0.4) is 0 Å². The quantitative estimate of drug-likeness (QED) is 0.105. The van der Waals surface area contributed by atoms with Crippen molar-refractivity contribution in [1.82, 2.24) is 31.0 Å². The zero-order valence-electron chi connectivity index (χ0n) is 23.5. The molecule has 5 N–H and O–H groups in total. The summed E-state index contributed by atoms with van der Waals surface area (Å²) in [7, 11) is 1.74. The second kappa shape index (κ2) is 13.2. The largest absolute Gasteiger partial charge is 0.445 e. The molecule has 2 heterocycles. The Labute approximate surface area is 243 Å². The predicted octanol–water partition coefficient (Wildman–Crippen LogP) is 5.53. The van der Waals surface area contributed by atoms with E-state index in [-0.39, 0.29) is 17.8 Å². The van der Waals surface area contributed by atoms with Crippen LogP contribution in [-0.2, 0) is 11.3 Å². The van der Waals surface area contributed by atoms with E-state index >= 15 is 0 Å². The highest BCUT2D eigenvalue weighted by molar-refractivity contribution is 5.92. The molecule has 2 aromatic heterocycles. The minimum Gasteiger partial charge on any atom is -0.445 e. The molecule has 4 aromatic rings. The molecule has 42 heavy (non-hydrogen) atoms. The van der Waals surface area contributed by atoms with Gasteiger partial charge in [0.15, 0.2) is 5.82 Å². The number of hydrogen-bond donors (Lipinski definition) is 5. The van der Waals surface area contributed by atoms with E-state index in [2.05, 4.69) is 48.2 Å². The molecule has 1 saturated carbocycles. The first-order valence-electron chi connectivity index (χ1n) is 14.0. The number of benzene rings is 2. The maximum Gasteiger partial charge on any atom is 0.407 e. The Morgan fingerprint density at radius 1 is 1.10 bits per heavy atom. The molecule has 0 unspecified atom stereocenters. The normalized spacial score (nSPS) is 14.3. The Balaban J connectivity index is 1.16. The molecule has 1 amide bonds. The fraction of sp³-hybridized carbons (Fsp3) is 0.290. The van der Waals surface area contributed by atoms with Crippen LogP contribution in [0, 0.1) is 5.41 Å². The van der Waals surface area contributed by atoms with Gasteiger partial charge in [-0.25, -0.2) is 9.18 Å². The van der Waals surface area contributed by atoms with Crippen LogP contribution < -0.4 is 21.3 Å². The van der Waals surface area contributed by atoms with Gasteiger partial charge in [0.25, 0.3) is 0 Å². The van der Waals surface area contributed by atoms with Gasteiger partial charge in [-0.15, -0.1) is 10.2 Å². The van der Waals surface area contributed by atoms with E-state index in [0.29, 0.717) is 42.7 Å². The van der Waals surface area contributed by atoms with Crippen molar-refractivity contribution in [3.8, 4) is 11.3 Å². The molecule has 10 nitrogen and oxygen atoms in total. The van der Waals surface area contributed by atoms with Gasteiger partial charge in [0, 0.05) is 43.0 Å². The average Bonchev–Trinajstić information content (AvgIpc) is 3.42. The number of amides is 1. The summed E-state index contributed by atoms with van der Waals surface area (Å²) in [6.07, 6.45) is 3.60. The van der Waals surface area contributed by atoms with E-state index in [0.717, 1.165) is 41.3 Å². The van der Waals surface area contributed by atoms with Crippen LogP contribution in [0.1, 0.15) is 24.8 Å². The Hall–Kier alpha value is -4.93. The van der Waals surface area contributed by atoms with Crippen molar-refractivity contribution < 1.29 is 13.9 Å². The lowest BCUT2D eigenvalue weighted by molar-refractivity contribution is 0.140. The number of nitrogens with one attached hydrogen (secondary N) is 5. The van der Waals surface area contributed by atoms with E-state index in [4.69, 9.17) is 4.74 Å². The standard InChI is InChI=1S/C31H35FN8O2/c1-3-24(32)28(33-2)31(14-7-15-31)20-36-27-13-12-25(37-39-27)22-10-11-26-23(18-22)29(40-38-26)34-16-17-35-30(41)42-19-21-8-5-4-6-9-21/h3-6,8-13,18,33H,1,7,14-17,19-20H2,2H3,(H,35,41)(H,36,39)(H2,34,38,40)/b28-24+. The first kappa shape index (κ1) is 28.6. The predicted molar refractivity (Wildman–Crippen MR) is 162 cm³/mol. The number of fused-ring (bicyclic) bond motifs is 1. The summed E-state index contributed by atoms with van der Waals surface area (Å²) in [5, 5.41) is 29.4. The fourth-order valence-electron chi connectivity index (χ4n) is 5.13. The zero-order chi connectivity index (χ0) is 29.4. The van der Waals surface area contributed by atoms with E-state index in [1.165, 1.54) is 6.08 Å². The van der Waals surface area contributed by atoms with Gasteiger partial charge in [-0.2, -0.15) is 5.10 Å². The molecule has 218 valence electrons. The van der Waals surface area contributed by atoms with Crippen molar-refractivity contribution in [1.29, 1.82) is 0 Å². The number of nitrogens with zero attached hydrogens (tertiary/aromatic N) is 3. The summed E-state index contributed by atoms with van der Waals surface area (Å²) < 4.78 is 19.6. The van der Waals surface area contributed by atoms with Crippen LogP contribution in [0.5, 0.6) is 0 Å². The summed E-state index contributed by atoms with van der Waals surface area (Å²) >= 11 is 0. The number of halogens is 1. The minimum atomic E-state index is -0.475. The third-order valence-corrected chi connectivity index (χ3v) is 7.54. The number of aromatic nitrogens is 4. The Morgan fingerprint density at radius 3 is 2.62 bits per heavy atom. The van der Waals surface area contributed by atoms with Crippen LogP contribution in [0.4, 0.5) is 20.8 Å². The number of carbonyl (C=O) groups excluding carboxylic acids is 1. The van der Waals surface area contributed by atoms with Gasteiger partial charge < -0.3 is 26.0 Å². The third-order valence-electron chi connectivity index (χ3n) is 7.54. The van der Waals surface area contributed by atoms with E-state index in [9.17, 15) is 9.18 Å². The molecular formula is C31H35FN8O2. The zero-order valence-corrected chi connectivity index (χ0v) is 23.5. The van der Waals surface area contributed by atoms with E-state index in [1.807, 2.05) is 60.7 Å². The number of anilines is 2.